The zero-order valence-corrected chi connectivity index (χ0v) is 24.6. The van der Waals surface area contributed by atoms with E-state index in [-0.39, 0.29) is 0 Å². The van der Waals surface area contributed by atoms with Gasteiger partial charge in [0.05, 0.1) is 10.8 Å². The normalized spacial score (nSPS) is 10.9. The highest BCUT2D eigenvalue weighted by atomic mass is 35.5. The van der Waals surface area contributed by atoms with Crippen LogP contribution < -0.4 is 5.32 Å². The van der Waals surface area contributed by atoms with Crippen molar-refractivity contribution < 1.29 is 0 Å². The number of thiophene rings is 2. The van der Waals surface area contributed by atoms with Crippen molar-refractivity contribution in [1.29, 1.82) is 0 Å². The van der Waals surface area contributed by atoms with Crippen LogP contribution in [0.2, 0.25) is 5.15 Å². The molecule has 202 valence electrons. The third kappa shape index (κ3) is 5.92. The van der Waals surface area contributed by atoms with Crippen molar-refractivity contribution in [2.24, 2.45) is 0 Å². The molecule has 0 spiro atoms. The SMILES string of the molecule is Cc1csc2nc(-c3cccnc3)nc(Cl)c12.Cc1csc2nc(-c3cccnc3)nc(NCc3ccccc3)c12. The molecule has 7 aromatic rings. The zero-order valence-electron chi connectivity index (χ0n) is 22.2. The fraction of sp³-hybridized carbons (Fsp3) is 0.0968. The third-order valence-electron chi connectivity index (χ3n) is 6.33. The number of nitrogens with zero attached hydrogens (tertiary/aromatic N) is 6. The Labute approximate surface area is 250 Å². The van der Waals surface area contributed by atoms with E-state index in [1.165, 1.54) is 11.1 Å². The van der Waals surface area contributed by atoms with E-state index in [2.05, 4.69) is 49.7 Å². The molecule has 0 saturated carbocycles. The Balaban J connectivity index is 0.000000156. The first-order chi connectivity index (χ1) is 20.1. The van der Waals surface area contributed by atoms with Crippen molar-refractivity contribution in [3.8, 4) is 22.8 Å². The first-order valence-corrected chi connectivity index (χ1v) is 15.0. The number of fused-ring (bicyclic) bond motifs is 2. The number of hydrogen-bond donors (Lipinski definition) is 1. The van der Waals surface area contributed by atoms with Gasteiger partial charge >= 0.3 is 0 Å². The molecule has 1 aromatic carbocycles. The molecular weight excluding hydrogens is 570 g/mol. The van der Waals surface area contributed by atoms with Crippen LogP contribution in [0.25, 0.3) is 43.2 Å². The Morgan fingerprint density at radius 1 is 0.683 bits per heavy atom. The molecule has 0 aliphatic heterocycles. The van der Waals surface area contributed by atoms with Crippen LogP contribution in [0, 0.1) is 13.8 Å². The maximum Gasteiger partial charge on any atom is 0.164 e. The van der Waals surface area contributed by atoms with E-state index < -0.39 is 0 Å². The smallest absolute Gasteiger partial charge is 0.164 e. The molecule has 0 bridgehead atoms. The van der Waals surface area contributed by atoms with Crippen LogP contribution in [0.15, 0.2) is 90.1 Å². The molecule has 0 radical (unpaired) electrons. The van der Waals surface area contributed by atoms with E-state index in [0.29, 0.717) is 16.8 Å². The average molecular weight is 594 g/mol. The zero-order chi connectivity index (χ0) is 28.2. The maximum absolute atomic E-state index is 6.19. The minimum atomic E-state index is 0.507. The summed E-state index contributed by atoms with van der Waals surface area (Å²) in [7, 11) is 0. The van der Waals surface area contributed by atoms with Gasteiger partial charge < -0.3 is 5.32 Å². The average Bonchev–Trinajstić information content (AvgIpc) is 3.60. The van der Waals surface area contributed by atoms with Gasteiger partial charge in [0.15, 0.2) is 11.6 Å². The van der Waals surface area contributed by atoms with Crippen molar-refractivity contribution in [1.82, 2.24) is 29.9 Å². The monoisotopic (exact) mass is 593 g/mol. The third-order valence-corrected chi connectivity index (χ3v) is 8.59. The highest BCUT2D eigenvalue weighted by Crippen LogP contribution is 2.32. The topological polar surface area (TPSA) is 89.4 Å². The summed E-state index contributed by atoms with van der Waals surface area (Å²) in [5.74, 6) is 2.20. The Morgan fingerprint density at radius 3 is 1.88 bits per heavy atom. The van der Waals surface area contributed by atoms with E-state index >= 15 is 0 Å². The van der Waals surface area contributed by atoms with Crippen molar-refractivity contribution >= 4 is 60.5 Å². The number of aryl methyl sites for hydroxylation is 2. The lowest BCUT2D eigenvalue weighted by Gasteiger charge is -2.10. The van der Waals surface area contributed by atoms with Gasteiger partial charge in [-0.05, 0) is 65.6 Å². The summed E-state index contributed by atoms with van der Waals surface area (Å²) in [6, 6.07) is 18.0. The van der Waals surface area contributed by atoms with Crippen molar-refractivity contribution in [2.45, 2.75) is 20.4 Å². The van der Waals surface area contributed by atoms with Crippen molar-refractivity contribution in [3.63, 3.8) is 0 Å². The molecule has 7 nitrogen and oxygen atoms in total. The van der Waals surface area contributed by atoms with Gasteiger partial charge in [-0.15, -0.1) is 22.7 Å². The fourth-order valence-electron chi connectivity index (χ4n) is 4.28. The second kappa shape index (κ2) is 12.1. The summed E-state index contributed by atoms with van der Waals surface area (Å²) in [6.07, 6.45) is 7.01. The van der Waals surface area contributed by atoms with Gasteiger partial charge in [0.25, 0.3) is 0 Å². The Morgan fingerprint density at radius 2 is 1.27 bits per heavy atom. The predicted molar refractivity (Wildman–Crippen MR) is 170 cm³/mol. The lowest BCUT2D eigenvalue weighted by molar-refractivity contribution is 1.10. The molecule has 0 aliphatic carbocycles. The van der Waals surface area contributed by atoms with Gasteiger partial charge in [-0.1, -0.05) is 41.9 Å². The Bertz CT molecular complexity index is 1930. The number of nitrogens with one attached hydrogen (secondary N) is 1. The molecule has 41 heavy (non-hydrogen) atoms. The molecule has 0 atom stereocenters. The minimum Gasteiger partial charge on any atom is -0.365 e. The second-order valence-electron chi connectivity index (χ2n) is 9.25. The maximum atomic E-state index is 6.19. The Hall–Kier alpha value is -4.31. The van der Waals surface area contributed by atoms with Crippen molar-refractivity contribution in [2.75, 3.05) is 5.32 Å². The lowest BCUT2D eigenvalue weighted by atomic mass is 10.2. The molecule has 6 heterocycles. The standard InChI is InChI=1S/C19H16N4S.C12H8ClN3S/c1-13-12-24-19-16(13)18(21-10-14-6-3-2-4-7-14)22-17(23-19)15-8-5-9-20-11-15;1-7-6-17-12-9(7)10(13)15-11(16-12)8-3-2-4-14-5-8/h2-9,11-12H,10H2,1H3,(H,21,22,23);2-6H,1H3. The molecule has 10 heteroatoms. The van der Waals surface area contributed by atoms with Crippen LogP contribution in [0.3, 0.4) is 0 Å². The summed E-state index contributed by atoms with van der Waals surface area (Å²) >= 11 is 9.42. The van der Waals surface area contributed by atoms with Gasteiger partial charge in [0, 0.05) is 42.5 Å². The van der Waals surface area contributed by atoms with E-state index in [0.717, 1.165) is 49.5 Å². The fourth-order valence-corrected chi connectivity index (χ4v) is 6.49. The van der Waals surface area contributed by atoms with Crippen LogP contribution in [0.4, 0.5) is 5.82 Å². The minimum absolute atomic E-state index is 0.507. The summed E-state index contributed by atoms with van der Waals surface area (Å²) < 4.78 is 0. The number of pyridine rings is 2. The van der Waals surface area contributed by atoms with Gasteiger partial charge in [-0.2, -0.15) is 0 Å². The summed E-state index contributed by atoms with van der Waals surface area (Å²) in [5.41, 5.74) is 5.34. The highest BCUT2D eigenvalue weighted by Gasteiger charge is 2.14. The Kier molecular flexibility index (Phi) is 7.91. The molecule has 0 amide bonds. The number of rotatable bonds is 5. The number of halogens is 1. The summed E-state index contributed by atoms with van der Waals surface area (Å²) in [6.45, 7) is 4.84. The van der Waals surface area contributed by atoms with E-state index in [9.17, 15) is 0 Å². The first-order valence-electron chi connectivity index (χ1n) is 12.8. The van der Waals surface area contributed by atoms with Crippen LogP contribution >= 0.6 is 34.3 Å². The highest BCUT2D eigenvalue weighted by molar-refractivity contribution is 7.17. The van der Waals surface area contributed by atoms with E-state index in [4.69, 9.17) is 21.6 Å². The second-order valence-corrected chi connectivity index (χ2v) is 11.3. The van der Waals surface area contributed by atoms with Gasteiger partial charge in [0.2, 0.25) is 0 Å². The predicted octanol–water partition coefficient (Wildman–Crippen LogP) is 8.39. The van der Waals surface area contributed by atoms with Crippen LogP contribution in [0.1, 0.15) is 16.7 Å². The van der Waals surface area contributed by atoms with Crippen LogP contribution in [0.5, 0.6) is 0 Å². The van der Waals surface area contributed by atoms with Gasteiger partial charge in [0.1, 0.15) is 20.6 Å². The lowest BCUT2D eigenvalue weighted by Crippen LogP contribution is -2.04. The van der Waals surface area contributed by atoms with E-state index in [1.54, 1.807) is 47.5 Å². The van der Waals surface area contributed by atoms with Crippen LogP contribution in [-0.2, 0) is 6.54 Å². The quantitative estimate of drug-likeness (QED) is 0.200. The molecule has 6 aromatic heterocycles. The molecule has 0 saturated heterocycles. The van der Waals surface area contributed by atoms with Crippen LogP contribution in [-0.4, -0.2) is 29.9 Å². The molecular formula is C31H24ClN7S2. The summed E-state index contributed by atoms with van der Waals surface area (Å²) in [4.78, 5) is 28.5. The van der Waals surface area contributed by atoms with Crippen molar-refractivity contribution in [3.05, 3.63) is 112 Å². The van der Waals surface area contributed by atoms with E-state index in [1.807, 2.05) is 54.8 Å². The number of hydrogen-bond acceptors (Lipinski definition) is 9. The molecule has 0 fully saturated rings. The molecule has 0 unspecified atom stereocenters. The first kappa shape index (κ1) is 26.9. The number of anilines is 1. The van der Waals surface area contributed by atoms with Gasteiger partial charge in [-0.3, -0.25) is 9.97 Å². The summed E-state index contributed by atoms with van der Waals surface area (Å²) in [5, 5.41) is 10.2. The largest absolute Gasteiger partial charge is 0.365 e. The molecule has 1 N–H and O–H groups in total. The number of benzene rings is 1. The number of aromatic nitrogens is 6. The molecule has 7 rings (SSSR count). The van der Waals surface area contributed by atoms with Gasteiger partial charge in [-0.25, -0.2) is 19.9 Å². The molecule has 0 aliphatic rings.